The van der Waals surface area contributed by atoms with Gasteiger partial charge in [0.15, 0.2) is 0 Å². The van der Waals surface area contributed by atoms with Crippen LogP contribution in [0.5, 0.6) is 11.5 Å². The summed E-state index contributed by atoms with van der Waals surface area (Å²) in [6.45, 7) is 0. The second kappa shape index (κ2) is 6.98. The number of methoxy groups -OCH3 is 2. The zero-order valence-electron chi connectivity index (χ0n) is 8.44. The minimum absolute atomic E-state index is 0. The normalized spacial score (nSPS) is 8.86. The van der Waals surface area contributed by atoms with Crippen molar-refractivity contribution >= 4 is 12.6 Å². The molecule has 1 rings (SSSR count). The molecule has 0 spiro atoms. The molecule has 0 saturated heterocycles. The van der Waals surface area contributed by atoms with E-state index in [1.165, 1.54) is 26.4 Å². The second-order valence-corrected chi connectivity index (χ2v) is 2.38. The van der Waals surface area contributed by atoms with Crippen LogP contribution in [0.1, 0.15) is 0 Å². The summed E-state index contributed by atoms with van der Waals surface area (Å²) in [4.78, 5) is 0. The third-order valence-corrected chi connectivity index (χ3v) is 1.66. The van der Waals surface area contributed by atoms with E-state index in [1.807, 2.05) is 0 Å². The summed E-state index contributed by atoms with van der Waals surface area (Å²) < 4.78 is 9.84. The van der Waals surface area contributed by atoms with Gasteiger partial charge >= 0.3 is 65.3 Å². The largest absolute Gasteiger partial charge is 1.00 e. The van der Waals surface area contributed by atoms with E-state index in [0.717, 1.165) is 0 Å². The summed E-state index contributed by atoms with van der Waals surface area (Å²) in [5.41, 5.74) is 0.212. The zero-order chi connectivity index (χ0) is 9.84. The van der Waals surface area contributed by atoms with Gasteiger partial charge in [-0.25, -0.2) is 0 Å². The van der Waals surface area contributed by atoms with Crippen molar-refractivity contribution in [1.82, 2.24) is 0 Å². The fraction of sp³-hybridized carbons (Fsp3) is 0.250. The van der Waals surface area contributed by atoms with Gasteiger partial charge in [0, 0.05) is 11.5 Å². The molecule has 0 unspecified atom stereocenters. The van der Waals surface area contributed by atoms with Crippen LogP contribution in [0.3, 0.4) is 0 Å². The molecule has 0 atom stereocenters. The first-order chi connectivity index (χ1) is 6.20. The third kappa shape index (κ3) is 3.32. The van der Waals surface area contributed by atoms with Crippen molar-refractivity contribution in [1.29, 1.82) is 0 Å². The van der Waals surface area contributed by atoms with Crippen molar-refractivity contribution in [3.05, 3.63) is 18.2 Å². The molecule has 4 nitrogen and oxygen atoms in total. The zero-order valence-corrected chi connectivity index (χ0v) is 13.4. The van der Waals surface area contributed by atoms with E-state index in [0.29, 0.717) is 11.5 Å². The van der Waals surface area contributed by atoms with Crippen LogP contribution in [-0.2, 0) is 0 Å². The number of hydrogen-bond acceptors (Lipinski definition) is 4. The van der Waals surface area contributed by atoms with Crippen molar-refractivity contribution in [2.24, 2.45) is 0 Å². The van der Waals surface area contributed by atoms with Crippen LogP contribution < -0.4 is 73.1 Å². The molecule has 0 radical (unpaired) electrons. The Labute approximate surface area is 132 Å². The monoisotopic (exact) mass is 266 g/mol. The van der Waals surface area contributed by atoms with Gasteiger partial charge in [0.25, 0.3) is 0 Å². The maximum Gasteiger partial charge on any atom is 1.00 e. The van der Waals surface area contributed by atoms with Crippen LogP contribution in [0.2, 0.25) is 0 Å². The number of benzene rings is 1. The predicted molar refractivity (Wildman–Crippen MR) is 48.2 cm³/mol. The summed E-state index contributed by atoms with van der Waals surface area (Å²) >= 11 is 0. The van der Waals surface area contributed by atoms with Gasteiger partial charge in [-0.05, 0) is 5.46 Å². The fourth-order valence-electron chi connectivity index (χ4n) is 1.06. The second-order valence-electron chi connectivity index (χ2n) is 2.38. The van der Waals surface area contributed by atoms with Crippen LogP contribution in [0, 0.1) is 6.07 Å². The fourth-order valence-corrected chi connectivity index (χ4v) is 1.06. The quantitative estimate of drug-likeness (QED) is 0.435. The topological polar surface area (TPSA) is 58.9 Å². The van der Waals surface area contributed by atoms with Crippen molar-refractivity contribution in [3.63, 3.8) is 0 Å². The Bertz CT molecular complexity index is 270. The van der Waals surface area contributed by atoms with Crippen LogP contribution >= 0.6 is 0 Å². The van der Waals surface area contributed by atoms with Crippen molar-refractivity contribution < 1.29 is 77.7 Å². The van der Waals surface area contributed by atoms with Gasteiger partial charge in [-0.3, -0.25) is 0 Å². The SMILES string of the molecule is COc1c[c-]cc(OC)c1B(O)O.[Rb+]. The average Bonchev–Trinajstić information content (AvgIpc) is 2.16. The summed E-state index contributed by atoms with van der Waals surface area (Å²) in [6, 6.07) is 5.78. The summed E-state index contributed by atoms with van der Waals surface area (Å²) in [5, 5.41) is 18.1. The van der Waals surface area contributed by atoms with Gasteiger partial charge in [0.2, 0.25) is 0 Å². The Morgan fingerprint density at radius 2 is 1.57 bits per heavy atom. The smallest absolute Gasteiger partial charge is 0.554 e. The molecule has 1 aromatic rings. The van der Waals surface area contributed by atoms with Crippen LogP contribution in [0.15, 0.2) is 12.1 Å². The third-order valence-electron chi connectivity index (χ3n) is 1.66. The van der Waals surface area contributed by atoms with Crippen LogP contribution in [0.25, 0.3) is 0 Å². The molecule has 0 aliphatic heterocycles. The van der Waals surface area contributed by atoms with Gasteiger partial charge < -0.3 is 19.5 Å². The number of ether oxygens (including phenoxy) is 2. The van der Waals surface area contributed by atoms with E-state index >= 15 is 0 Å². The summed E-state index contributed by atoms with van der Waals surface area (Å²) in [6.07, 6.45) is 0. The van der Waals surface area contributed by atoms with Gasteiger partial charge in [0.05, 0.1) is 14.2 Å². The van der Waals surface area contributed by atoms with E-state index in [9.17, 15) is 0 Å². The molecule has 0 amide bonds. The molecule has 6 heteroatoms. The van der Waals surface area contributed by atoms with Gasteiger partial charge in [0.1, 0.15) is 0 Å². The van der Waals surface area contributed by atoms with E-state index < -0.39 is 7.12 Å². The summed E-state index contributed by atoms with van der Waals surface area (Å²) in [5.74, 6) is 0.684. The number of rotatable bonds is 3. The molecule has 0 aliphatic rings. The first-order valence-electron chi connectivity index (χ1n) is 3.68. The maximum atomic E-state index is 9.03. The van der Waals surface area contributed by atoms with Crippen LogP contribution in [-0.4, -0.2) is 31.4 Å². The molecule has 0 bridgehead atoms. The first kappa shape index (κ1) is 14.6. The molecule has 0 saturated carbocycles. The molecule has 0 fully saturated rings. The molecule has 1 aromatic carbocycles. The van der Waals surface area contributed by atoms with E-state index in [2.05, 4.69) is 6.07 Å². The minimum atomic E-state index is -1.61. The molecular formula is C8H10BO4Rb. The Morgan fingerprint density at radius 3 is 1.86 bits per heavy atom. The molecular weight excluding hydrogens is 256 g/mol. The molecule has 14 heavy (non-hydrogen) atoms. The van der Waals surface area contributed by atoms with E-state index in [1.54, 1.807) is 0 Å². The van der Waals surface area contributed by atoms with Crippen molar-refractivity contribution in [2.75, 3.05) is 14.2 Å². The van der Waals surface area contributed by atoms with Crippen molar-refractivity contribution in [2.45, 2.75) is 0 Å². The Balaban J connectivity index is 0.00000169. The van der Waals surface area contributed by atoms with E-state index in [-0.39, 0.29) is 63.7 Å². The maximum absolute atomic E-state index is 9.03. The Kier molecular flexibility index (Phi) is 7.28. The Morgan fingerprint density at radius 1 is 1.14 bits per heavy atom. The summed E-state index contributed by atoms with van der Waals surface area (Å²) in [7, 11) is 1.27. The van der Waals surface area contributed by atoms with Gasteiger partial charge in [-0.1, -0.05) is 0 Å². The molecule has 70 valence electrons. The molecule has 0 heterocycles. The number of hydrogen-bond donors (Lipinski definition) is 2. The predicted octanol–water partition coefficient (Wildman–Crippen LogP) is -3.81. The minimum Gasteiger partial charge on any atom is -0.554 e. The molecule has 2 N–H and O–H groups in total. The first-order valence-corrected chi connectivity index (χ1v) is 3.68. The Hall–Kier alpha value is 0.610. The van der Waals surface area contributed by atoms with E-state index in [4.69, 9.17) is 19.5 Å². The van der Waals surface area contributed by atoms with Gasteiger partial charge in [-0.2, -0.15) is 6.07 Å². The standard InChI is InChI=1S/C8H10BO4.Rb/c1-12-6-4-3-5-7(13-2)8(6)9(10)11;/h4-5,10-11H,1-2H3;/q-1;+1. The van der Waals surface area contributed by atoms with Gasteiger partial charge in [-0.15, -0.1) is 12.1 Å². The molecule has 0 aromatic heterocycles. The van der Waals surface area contributed by atoms with Crippen molar-refractivity contribution in [3.8, 4) is 11.5 Å². The van der Waals surface area contributed by atoms with Crippen LogP contribution in [0.4, 0.5) is 0 Å². The molecule has 0 aliphatic carbocycles. The average molecular weight is 266 g/mol.